The topological polar surface area (TPSA) is 40.6 Å². The first-order valence-corrected chi connectivity index (χ1v) is 15.8. The van der Waals surface area contributed by atoms with Crippen molar-refractivity contribution in [3.63, 3.8) is 0 Å². The minimum absolute atomic E-state index is 0.0545. The highest BCUT2D eigenvalue weighted by molar-refractivity contribution is 9.10. The molecule has 0 saturated carbocycles. The number of hydrogen-bond acceptors (Lipinski definition) is 4. The predicted molar refractivity (Wildman–Crippen MR) is 168 cm³/mol. The molecule has 2 aliphatic rings. The summed E-state index contributed by atoms with van der Waals surface area (Å²) in [5.74, 6) is 0.656. The van der Waals surface area contributed by atoms with Gasteiger partial charge in [0.25, 0.3) is 11.8 Å². The Labute approximate surface area is 246 Å². The summed E-state index contributed by atoms with van der Waals surface area (Å²) >= 11 is 15.7. The minimum atomic E-state index is -0.0860. The fraction of sp³-hybridized carbons (Fsp3) is 0.548. The lowest BCUT2D eigenvalue weighted by atomic mass is 9.83. The lowest BCUT2D eigenvalue weighted by molar-refractivity contribution is 0.0818. The molecule has 2 heterocycles. The molecule has 2 atom stereocenters. The molecule has 2 aliphatic heterocycles. The number of rotatable bonds is 12. The van der Waals surface area contributed by atoms with Gasteiger partial charge in [-0.2, -0.15) is 0 Å². The van der Waals surface area contributed by atoms with Crippen LogP contribution in [0.15, 0.2) is 16.6 Å². The molecule has 0 radical (unpaired) electrons. The summed E-state index contributed by atoms with van der Waals surface area (Å²) < 4.78 is 0.713. The third-order valence-corrected chi connectivity index (χ3v) is 9.90. The first kappa shape index (κ1) is 29.3. The number of nitrogens with zero attached hydrogens (tertiary/aromatic N) is 2. The van der Waals surface area contributed by atoms with Gasteiger partial charge in [0, 0.05) is 39.5 Å². The van der Waals surface area contributed by atoms with Crippen LogP contribution in [0, 0.1) is 18.8 Å². The zero-order chi connectivity index (χ0) is 27.7. The van der Waals surface area contributed by atoms with Gasteiger partial charge in [-0.05, 0) is 65.2 Å². The molecule has 2 aromatic rings. The number of carbonyl (C=O) groups is 2. The second kappa shape index (κ2) is 12.2. The van der Waals surface area contributed by atoms with Crippen LogP contribution in [0.5, 0.6) is 0 Å². The molecule has 0 aliphatic carbocycles. The Bertz CT molecular complexity index is 1210. The average Bonchev–Trinajstić information content (AvgIpc) is 2.90. The maximum absolute atomic E-state index is 14.0. The van der Waals surface area contributed by atoms with Crippen molar-refractivity contribution in [2.75, 3.05) is 13.1 Å². The average molecular weight is 616 g/mol. The summed E-state index contributed by atoms with van der Waals surface area (Å²) in [5, 5.41) is 1.57. The number of amides is 2. The van der Waals surface area contributed by atoms with Crippen LogP contribution >= 0.6 is 40.4 Å². The normalized spacial score (nSPS) is 16.6. The number of aryl methyl sites for hydroxylation is 1. The van der Waals surface area contributed by atoms with E-state index in [1.165, 1.54) is 0 Å². The second-order valence-corrected chi connectivity index (χ2v) is 12.5. The van der Waals surface area contributed by atoms with Crippen molar-refractivity contribution in [2.24, 2.45) is 11.8 Å². The Hall–Kier alpha value is -1.70. The molecule has 204 valence electrons. The largest absolute Gasteiger partial charge is 0.298 e. The second-order valence-electron chi connectivity index (χ2n) is 10.9. The summed E-state index contributed by atoms with van der Waals surface area (Å²) in [7, 11) is 0. The number of hydrogen-bond donors (Lipinski definition) is 0. The highest BCUT2D eigenvalue weighted by Crippen LogP contribution is 2.43. The van der Waals surface area contributed by atoms with Gasteiger partial charge in [0.1, 0.15) is 9.98 Å². The van der Waals surface area contributed by atoms with Gasteiger partial charge in [-0.1, -0.05) is 90.7 Å². The highest BCUT2D eigenvalue weighted by Gasteiger charge is 2.40. The van der Waals surface area contributed by atoms with E-state index >= 15 is 0 Å². The van der Waals surface area contributed by atoms with E-state index in [0.29, 0.717) is 50.5 Å². The van der Waals surface area contributed by atoms with Gasteiger partial charge in [0.05, 0.1) is 11.1 Å². The van der Waals surface area contributed by atoms with Gasteiger partial charge in [-0.15, -0.1) is 0 Å². The Morgan fingerprint density at radius 2 is 1.21 bits per heavy atom. The van der Waals surface area contributed by atoms with Crippen molar-refractivity contribution in [2.45, 2.75) is 86.0 Å². The van der Waals surface area contributed by atoms with Crippen LogP contribution in [0.1, 0.15) is 116 Å². The van der Waals surface area contributed by atoms with E-state index in [1.54, 1.807) is 9.80 Å². The molecule has 2 aromatic carbocycles. The third kappa shape index (κ3) is 5.11. The summed E-state index contributed by atoms with van der Waals surface area (Å²) in [5.41, 5.74) is 3.84. The molecule has 4 rings (SSSR count). The van der Waals surface area contributed by atoms with Gasteiger partial charge in [-0.25, -0.2) is 0 Å². The van der Waals surface area contributed by atoms with Gasteiger partial charge >= 0.3 is 0 Å². The molecule has 38 heavy (non-hydrogen) atoms. The summed E-state index contributed by atoms with van der Waals surface area (Å²) in [6, 6.07) is 3.98. The quantitative estimate of drug-likeness (QED) is 0.224. The lowest BCUT2D eigenvalue weighted by Crippen LogP contribution is -2.45. The number of halogens is 1. The van der Waals surface area contributed by atoms with Crippen LogP contribution in [0.2, 0.25) is 0 Å². The van der Waals surface area contributed by atoms with Crippen LogP contribution in [-0.2, 0) is 0 Å². The van der Waals surface area contributed by atoms with E-state index in [2.05, 4.69) is 43.6 Å². The van der Waals surface area contributed by atoms with Crippen LogP contribution in [0.25, 0.3) is 10.8 Å². The summed E-state index contributed by atoms with van der Waals surface area (Å²) in [4.78, 5) is 32.6. The SMILES string of the molecule is CCCCC(CC)CN1C(=O)c2c(C)cc3c4c(c(Br)cc(c24)C1=S)C(=O)N(CC(CC)CCCC)C3=S. The Morgan fingerprint density at radius 3 is 1.68 bits per heavy atom. The van der Waals surface area contributed by atoms with E-state index in [-0.39, 0.29) is 11.8 Å². The molecule has 0 saturated heterocycles. The van der Waals surface area contributed by atoms with Crippen molar-refractivity contribution < 1.29 is 9.59 Å². The molecule has 0 spiro atoms. The zero-order valence-electron chi connectivity index (χ0n) is 23.3. The highest BCUT2D eigenvalue weighted by atomic mass is 79.9. The molecule has 7 heteroatoms. The Kier molecular flexibility index (Phi) is 9.42. The Balaban J connectivity index is 1.82. The molecule has 0 bridgehead atoms. The minimum Gasteiger partial charge on any atom is -0.298 e. The number of benzene rings is 2. The summed E-state index contributed by atoms with van der Waals surface area (Å²) in [6.07, 6.45) is 8.72. The molecule has 2 amide bonds. The molecule has 0 aromatic heterocycles. The Morgan fingerprint density at radius 1 is 0.763 bits per heavy atom. The van der Waals surface area contributed by atoms with Gasteiger partial charge in [0.15, 0.2) is 0 Å². The molecular formula is C31H39BrN2O2S2. The van der Waals surface area contributed by atoms with Gasteiger partial charge in [0.2, 0.25) is 0 Å². The van der Waals surface area contributed by atoms with Gasteiger partial charge < -0.3 is 0 Å². The summed E-state index contributed by atoms with van der Waals surface area (Å²) in [6.45, 7) is 12.0. The van der Waals surface area contributed by atoms with Crippen molar-refractivity contribution in [1.29, 1.82) is 0 Å². The lowest BCUT2D eigenvalue weighted by Gasteiger charge is -2.37. The van der Waals surface area contributed by atoms with Crippen LogP contribution in [0.4, 0.5) is 0 Å². The molecular weight excluding hydrogens is 576 g/mol. The molecule has 4 nitrogen and oxygen atoms in total. The predicted octanol–water partition coefficient (Wildman–Crippen LogP) is 8.61. The van der Waals surface area contributed by atoms with E-state index in [1.807, 2.05) is 19.1 Å². The third-order valence-electron chi connectivity index (χ3n) is 8.39. The number of unbranched alkanes of at least 4 members (excludes halogenated alkanes) is 2. The fourth-order valence-electron chi connectivity index (χ4n) is 5.99. The van der Waals surface area contributed by atoms with E-state index < -0.39 is 0 Å². The van der Waals surface area contributed by atoms with Crippen molar-refractivity contribution in [3.05, 3.63) is 44.4 Å². The monoisotopic (exact) mass is 614 g/mol. The van der Waals surface area contributed by atoms with Gasteiger partial charge in [-0.3, -0.25) is 19.4 Å². The standard InChI is InChI=1S/C31H39BrN2O2S2/c1-6-10-12-19(8-3)16-33-28(35)24-18(5)14-21-26-25(24)22(31(33)38)15-23(32)27(26)29(36)34(30(21)37)17-20(9-4)13-11-7-2/h14-15,19-20H,6-13,16-17H2,1-5H3. The fourth-order valence-corrected chi connectivity index (χ4v) is 7.22. The van der Waals surface area contributed by atoms with Crippen molar-refractivity contribution >= 4 is 72.9 Å². The van der Waals surface area contributed by atoms with Crippen LogP contribution in [0.3, 0.4) is 0 Å². The van der Waals surface area contributed by atoms with E-state index in [9.17, 15) is 9.59 Å². The number of carbonyl (C=O) groups excluding carboxylic acids is 2. The maximum atomic E-state index is 14.0. The van der Waals surface area contributed by atoms with Crippen LogP contribution < -0.4 is 0 Å². The van der Waals surface area contributed by atoms with Crippen LogP contribution in [-0.4, -0.2) is 44.7 Å². The maximum Gasteiger partial charge on any atom is 0.260 e. The first-order valence-electron chi connectivity index (χ1n) is 14.2. The van der Waals surface area contributed by atoms with Crippen molar-refractivity contribution in [3.8, 4) is 0 Å². The van der Waals surface area contributed by atoms with E-state index in [4.69, 9.17) is 24.4 Å². The van der Waals surface area contributed by atoms with Crippen molar-refractivity contribution in [1.82, 2.24) is 9.80 Å². The smallest absolute Gasteiger partial charge is 0.260 e. The molecule has 2 unspecified atom stereocenters. The molecule has 0 fully saturated rings. The number of thiocarbonyl (C=S) groups is 2. The molecule has 0 N–H and O–H groups in total. The first-order chi connectivity index (χ1) is 18.2. The van der Waals surface area contributed by atoms with E-state index in [0.717, 1.165) is 78.8 Å². The zero-order valence-corrected chi connectivity index (χ0v) is 26.5.